The quantitative estimate of drug-likeness (QED) is 0.724. The van der Waals surface area contributed by atoms with Crippen molar-refractivity contribution in [2.24, 2.45) is 0 Å². The molecule has 0 spiro atoms. The molecule has 1 aliphatic rings. The molecule has 0 bridgehead atoms. The Kier molecular flexibility index (Phi) is 5.39. The minimum Gasteiger partial charge on any atom is -0.353 e. The van der Waals surface area contributed by atoms with Crippen LogP contribution in [0.25, 0.3) is 5.82 Å². The van der Waals surface area contributed by atoms with Gasteiger partial charge in [0.05, 0.1) is 5.69 Å². The molecule has 8 heteroatoms. The van der Waals surface area contributed by atoms with Crippen molar-refractivity contribution in [3.05, 3.63) is 59.4 Å². The highest BCUT2D eigenvalue weighted by molar-refractivity contribution is 5.90. The maximum Gasteiger partial charge on any atom is 0.321 e. The molecule has 0 aliphatic carbocycles. The average molecular weight is 406 g/mol. The van der Waals surface area contributed by atoms with Crippen LogP contribution in [0, 0.1) is 27.7 Å². The molecule has 1 fully saturated rings. The van der Waals surface area contributed by atoms with E-state index >= 15 is 0 Å². The monoisotopic (exact) mass is 405 g/mol. The van der Waals surface area contributed by atoms with Crippen molar-refractivity contribution in [2.75, 3.05) is 36.4 Å². The van der Waals surface area contributed by atoms with Crippen molar-refractivity contribution in [2.45, 2.75) is 27.7 Å². The SMILES string of the molecule is Cc1ccc(NC(=O)N2CCN(c3cc(-n4cnc(C)c4C)ncn3)CC2)c(C)c1. The van der Waals surface area contributed by atoms with Crippen LogP contribution in [0.2, 0.25) is 0 Å². The molecule has 8 nitrogen and oxygen atoms in total. The molecular formula is C22H27N7O. The molecule has 0 atom stereocenters. The number of urea groups is 1. The Labute approximate surface area is 176 Å². The number of carbonyl (C=O) groups is 1. The van der Waals surface area contributed by atoms with Crippen LogP contribution in [0.1, 0.15) is 22.5 Å². The number of benzene rings is 1. The van der Waals surface area contributed by atoms with Gasteiger partial charge in [-0.15, -0.1) is 0 Å². The number of nitrogens with zero attached hydrogens (tertiary/aromatic N) is 6. The fourth-order valence-corrected chi connectivity index (χ4v) is 3.66. The predicted molar refractivity (Wildman–Crippen MR) is 117 cm³/mol. The lowest BCUT2D eigenvalue weighted by atomic mass is 10.1. The first kappa shape index (κ1) is 19.9. The first-order valence-electron chi connectivity index (χ1n) is 10.1. The van der Waals surface area contributed by atoms with E-state index in [-0.39, 0.29) is 6.03 Å². The lowest BCUT2D eigenvalue weighted by Crippen LogP contribution is -2.50. The molecule has 30 heavy (non-hydrogen) atoms. The number of aryl methyl sites for hydroxylation is 3. The molecule has 1 aliphatic heterocycles. The predicted octanol–water partition coefficient (Wildman–Crippen LogP) is 3.25. The number of carbonyl (C=O) groups excluding carboxylic acids is 1. The summed E-state index contributed by atoms with van der Waals surface area (Å²) in [5.74, 6) is 1.66. The molecule has 1 N–H and O–H groups in total. The highest BCUT2D eigenvalue weighted by Gasteiger charge is 2.23. The van der Waals surface area contributed by atoms with E-state index < -0.39 is 0 Å². The molecule has 0 saturated carbocycles. The first-order chi connectivity index (χ1) is 14.4. The number of hydrogen-bond donors (Lipinski definition) is 1. The average Bonchev–Trinajstić information content (AvgIpc) is 3.09. The highest BCUT2D eigenvalue weighted by Crippen LogP contribution is 2.20. The summed E-state index contributed by atoms with van der Waals surface area (Å²) < 4.78 is 1.97. The first-order valence-corrected chi connectivity index (χ1v) is 10.1. The van der Waals surface area contributed by atoms with Crippen molar-refractivity contribution in [1.29, 1.82) is 0 Å². The van der Waals surface area contributed by atoms with Crippen LogP contribution in [-0.4, -0.2) is 56.6 Å². The number of piperazine rings is 1. The number of nitrogens with one attached hydrogen (secondary N) is 1. The van der Waals surface area contributed by atoms with Crippen LogP contribution in [0.4, 0.5) is 16.3 Å². The van der Waals surface area contributed by atoms with E-state index in [1.807, 2.05) is 55.4 Å². The summed E-state index contributed by atoms with van der Waals surface area (Å²) in [5, 5.41) is 3.03. The van der Waals surface area contributed by atoms with E-state index in [0.717, 1.165) is 47.4 Å². The minimum atomic E-state index is -0.0607. The number of aromatic nitrogens is 4. The maximum absolute atomic E-state index is 12.7. The zero-order chi connectivity index (χ0) is 21.3. The second-order valence-electron chi connectivity index (χ2n) is 7.74. The number of hydrogen-bond acceptors (Lipinski definition) is 5. The van der Waals surface area contributed by atoms with Gasteiger partial charge in [0.2, 0.25) is 0 Å². The molecule has 156 valence electrons. The molecule has 1 saturated heterocycles. The second-order valence-corrected chi connectivity index (χ2v) is 7.74. The summed E-state index contributed by atoms with van der Waals surface area (Å²) in [7, 11) is 0. The second kappa shape index (κ2) is 8.14. The van der Waals surface area contributed by atoms with Gasteiger partial charge in [0.1, 0.15) is 24.3 Å². The topological polar surface area (TPSA) is 79.2 Å². The summed E-state index contributed by atoms with van der Waals surface area (Å²) >= 11 is 0. The van der Waals surface area contributed by atoms with Gasteiger partial charge in [-0.05, 0) is 39.3 Å². The summed E-state index contributed by atoms with van der Waals surface area (Å²) in [5.41, 5.74) is 5.16. The zero-order valence-electron chi connectivity index (χ0n) is 17.9. The smallest absolute Gasteiger partial charge is 0.321 e. The third-order valence-electron chi connectivity index (χ3n) is 5.65. The van der Waals surface area contributed by atoms with Crippen LogP contribution in [0.3, 0.4) is 0 Å². The largest absolute Gasteiger partial charge is 0.353 e. The third kappa shape index (κ3) is 3.98. The third-order valence-corrected chi connectivity index (χ3v) is 5.65. The number of rotatable bonds is 3. The summed E-state index contributed by atoms with van der Waals surface area (Å²) in [6, 6.07) is 7.95. The van der Waals surface area contributed by atoms with Gasteiger partial charge < -0.3 is 15.1 Å². The summed E-state index contributed by atoms with van der Waals surface area (Å²) in [6.07, 6.45) is 3.37. The number of imidazole rings is 1. The van der Waals surface area contributed by atoms with E-state index in [1.54, 1.807) is 12.7 Å². The molecule has 2 amide bonds. The molecular weight excluding hydrogens is 378 g/mol. The van der Waals surface area contributed by atoms with Gasteiger partial charge in [-0.1, -0.05) is 17.7 Å². The number of anilines is 2. The molecule has 2 aromatic heterocycles. The Morgan fingerprint density at radius 3 is 2.33 bits per heavy atom. The van der Waals surface area contributed by atoms with Crippen molar-refractivity contribution in [3.8, 4) is 5.82 Å². The van der Waals surface area contributed by atoms with Crippen LogP contribution in [0.5, 0.6) is 0 Å². The van der Waals surface area contributed by atoms with Crippen molar-refractivity contribution >= 4 is 17.5 Å². The molecule has 3 heterocycles. The Bertz CT molecular complexity index is 1070. The van der Waals surface area contributed by atoms with Crippen molar-refractivity contribution in [1.82, 2.24) is 24.4 Å². The molecule has 0 unspecified atom stereocenters. The van der Waals surface area contributed by atoms with Gasteiger partial charge in [0, 0.05) is 43.6 Å². The van der Waals surface area contributed by atoms with Crippen molar-refractivity contribution < 1.29 is 4.79 Å². The number of amides is 2. The van der Waals surface area contributed by atoms with Gasteiger partial charge in [-0.2, -0.15) is 0 Å². The van der Waals surface area contributed by atoms with E-state index in [9.17, 15) is 4.79 Å². The van der Waals surface area contributed by atoms with Crippen LogP contribution < -0.4 is 10.2 Å². The molecule has 0 radical (unpaired) electrons. The Morgan fingerprint density at radius 1 is 0.933 bits per heavy atom. The van der Waals surface area contributed by atoms with E-state index in [0.29, 0.717) is 13.1 Å². The van der Waals surface area contributed by atoms with Gasteiger partial charge >= 0.3 is 6.03 Å². The minimum absolute atomic E-state index is 0.0607. The normalized spacial score (nSPS) is 14.1. The maximum atomic E-state index is 12.7. The summed E-state index contributed by atoms with van der Waals surface area (Å²) in [4.78, 5) is 29.9. The van der Waals surface area contributed by atoms with Crippen LogP contribution >= 0.6 is 0 Å². The van der Waals surface area contributed by atoms with Gasteiger partial charge in [0.15, 0.2) is 0 Å². The van der Waals surface area contributed by atoms with Crippen LogP contribution in [0.15, 0.2) is 36.9 Å². The van der Waals surface area contributed by atoms with Crippen molar-refractivity contribution in [3.63, 3.8) is 0 Å². The van der Waals surface area contributed by atoms with Gasteiger partial charge in [-0.25, -0.2) is 19.7 Å². The summed E-state index contributed by atoms with van der Waals surface area (Å²) in [6.45, 7) is 10.8. The lowest BCUT2D eigenvalue weighted by molar-refractivity contribution is 0.208. The highest BCUT2D eigenvalue weighted by atomic mass is 16.2. The van der Waals surface area contributed by atoms with E-state index in [2.05, 4.69) is 31.2 Å². The lowest BCUT2D eigenvalue weighted by Gasteiger charge is -2.35. The Balaban J connectivity index is 1.40. The molecule has 1 aromatic carbocycles. The van der Waals surface area contributed by atoms with Gasteiger partial charge in [-0.3, -0.25) is 4.57 Å². The zero-order valence-corrected chi connectivity index (χ0v) is 17.9. The van der Waals surface area contributed by atoms with E-state index in [4.69, 9.17) is 0 Å². The van der Waals surface area contributed by atoms with Gasteiger partial charge in [0.25, 0.3) is 0 Å². The Hall–Kier alpha value is -3.42. The van der Waals surface area contributed by atoms with Crippen LogP contribution in [-0.2, 0) is 0 Å². The van der Waals surface area contributed by atoms with E-state index in [1.165, 1.54) is 5.56 Å². The fraction of sp³-hybridized carbons (Fsp3) is 0.364. The standard InChI is InChI=1S/C22H27N7O/c1-15-5-6-19(16(2)11-15)26-22(30)28-9-7-27(8-10-28)20-12-21(24-13-23-20)29-14-25-17(3)18(29)4/h5-6,11-14H,7-10H2,1-4H3,(H,26,30). The fourth-order valence-electron chi connectivity index (χ4n) is 3.66. The Morgan fingerprint density at radius 2 is 1.67 bits per heavy atom. The molecule has 3 aromatic rings. The molecule has 4 rings (SSSR count).